The van der Waals surface area contributed by atoms with E-state index in [1.807, 2.05) is 4.90 Å². The molecule has 148 valence electrons. The molecule has 0 atom stereocenters. The molecule has 0 unspecified atom stereocenters. The molecule has 0 aliphatic carbocycles. The highest BCUT2D eigenvalue weighted by atomic mass is 127. The van der Waals surface area contributed by atoms with Crippen molar-refractivity contribution >= 4 is 35.6 Å². The normalized spacial score (nSPS) is 15.6. The first-order valence-electron chi connectivity index (χ1n) is 7.87. The minimum Gasteiger partial charge on any atom is -0.370 e. The topological polar surface area (TPSA) is 86.4 Å². The lowest BCUT2D eigenvalue weighted by Gasteiger charge is -2.36. The maximum atomic E-state index is 13.0. The highest BCUT2D eigenvalue weighted by Crippen LogP contribution is 2.25. The molecule has 1 aromatic heterocycles. The number of benzene rings is 1. The Kier molecular flexibility index (Phi) is 6.84. The van der Waals surface area contributed by atoms with Gasteiger partial charge in [0.05, 0.1) is 0 Å². The first-order valence-corrected chi connectivity index (χ1v) is 7.87. The van der Waals surface area contributed by atoms with Gasteiger partial charge < -0.3 is 15.5 Å². The molecule has 27 heavy (non-hydrogen) atoms. The summed E-state index contributed by atoms with van der Waals surface area (Å²) in [4.78, 5) is 11.3. The molecule has 3 rings (SSSR count). The molecular weight excluding hydrogens is 481 g/mol. The van der Waals surface area contributed by atoms with Crippen LogP contribution in [0.2, 0.25) is 0 Å². The number of aliphatic imine (C=N–C) groups is 1. The van der Waals surface area contributed by atoms with Crippen LogP contribution in [0, 0.1) is 5.82 Å². The average molecular weight is 499 g/mol. The van der Waals surface area contributed by atoms with Crippen molar-refractivity contribution in [2.45, 2.75) is 12.7 Å². The number of rotatable bonds is 3. The SMILES string of the molecule is I.NC(=NCc1nc(C(F)(F)F)n[nH]1)N1CCN(c2ccc(F)cc2)CC1. The van der Waals surface area contributed by atoms with E-state index in [0.29, 0.717) is 26.2 Å². The smallest absolute Gasteiger partial charge is 0.370 e. The number of hydrogen-bond acceptors (Lipinski definition) is 4. The summed E-state index contributed by atoms with van der Waals surface area (Å²) >= 11 is 0. The molecule has 0 radical (unpaired) electrons. The Morgan fingerprint density at radius 1 is 1.15 bits per heavy atom. The van der Waals surface area contributed by atoms with Gasteiger partial charge >= 0.3 is 6.18 Å². The number of piperazine rings is 1. The highest BCUT2D eigenvalue weighted by Gasteiger charge is 2.36. The minimum atomic E-state index is -4.60. The van der Waals surface area contributed by atoms with Crippen LogP contribution in [0.1, 0.15) is 11.6 Å². The Balaban J connectivity index is 0.00000261. The predicted octanol–water partition coefficient (Wildman–Crippen LogP) is 2.22. The van der Waals surface area contributed by atoms with Crippen molar-refractivity contribution in [1.82, 2.24) is 20.1 Å². The number of nitrogens with one attached hydrogen (secondary N) is 1. The van der Waals surface area contributed by atoms with Crippen molar-refractivity contribution in [3.8, 4) is 0 Å². The van der Waals surface area contributed by atoms with Crippen molar-refractivity contribution in [2.24, 2.45) is 10.7 Å². The summed E-state index contributed by atoms with van der Waals surface area (Å²) in [6.07, 6.45) is -4.60. The Morgan fingerprint density at radius 2 is 1.78 bits per heavy atom. The quantitative estimate of drug-likeness (QED) is 0.293. The summed E-state index contributed by atoms with van der Waals surface area (Å²) in [6, 6.07) is 6.24. The molecule has 0 bridgehead atoms. The number of hydrogen-bond donors (Lipinski definition) is 2. The third-order valence-corrected chi connectivity index (χ3v) is 3.97. The van der Waals surface area contributed by atoms with Crippen LogP contribution in [0.4, 0.5) is 23.2 Å². The van der Waals surface area contributed by atoms with Gasteiger partial charge in [0.2, 0.25) is 0 Å². The maximum absolute atomic E-state index is 13.0. The number of nitrogens with two attached hydrogens (primary N) is 1. The molecule has 3 N–H and O–H groups in total. The van der Waals surface area contributed by atoms with Crippen molar-refractivity contribution in [3.63, 3.8) is 0 Å². The molecule has 2 aromatic rings. The molecule has 0 amide bonds. The molecular formula is C15H18F4IN7. The number of halogens is 5. The van der Waals surface area contributed by atoms with Gasteiger partial charge in [-0.1, -0.05) is 0 Å². The Hall–Kier alpha value is -2.12. The van der Waals surface area contributed by atoms with Gasteiger partial charge in [-0.05, 0) is 24.3 Å². The van der Waals surface area contributed by atoms with Crippen LogP contribution >= 0.6 is 24.0 Å². The van der Waals surface area contributed by atoms with Gasteiger partial charge in [-0.2, -0.15) is 13.2 Å². The number of guanidine groups is 1. The third-order valence-electron chi connectivity index (χ3n) is 3.97. The first-order chi connectivity index (χ1) is 12.3. The van der Waals surface area contributed by atoms with E-state index < -0.39 is 12.0 Å². The lowest BCUT2D eigenvalue weighted by atomic mass is 10.2. The Labute approximate surface area is 169 Å². The summed E-state index contributed by atoms with van der Waals surface area (Å²) in [5, 5.41) is 5.31. The number of alkyl halides is 3. The number of aromatic nitrogens is 3. The summed E-state index contributed by atoms with van der Waals surface area (Å²) in [5.74, 6) is -1.29. The fourth-order valence-corrected chi connectivity index (χ4v) is 2.59. The molecule has 2 heterocycles. The van der Waals surface area contributed by atoms with Crippen molar-refractivity contribution in [1.29, 1.82) is 0 Å². The molecule has 1 aliphatic rings. The van der Waals surface area contributed by atoms with E-state index in [2.05, 4.69) is 25.1 Å². The fourth-order valence-electron chi connectivity index (χ4n) is 2.59. The average Bonchev–Trinajstić information content (AvgIpc) is 3.10. The van der Waals surface area contributed by atoms with Gasteiger partial charge in [0.1, 0.15) is 18.2 Å². The van der Waals surface area contributed by atoms with Gasteiger partial charge in [0.25, 0.3) is 5.82 Å². The molecule has 1 aromatic carbocycles. The molecule has 1 aliphatic heterocycles. The van der Waals surface area contributed by atoms with Gasteiger partial charge in [-0.15, -0.1) is 29.1 Å². The van der Waals surface area contributed by atoms with E-state index in [-0.39, 0.29) is 48.1 Å². The second kappa shape index (κ2) is 8.71. The monoisotopic (exact) mass is 499 g/mol. The van der Waals surface area contributed by atoms with Gasteiger partial charge in [0.15, 0.2) is 5.96 Å². The van der Waals surface area contributed by atoms with Crippen LogP contribution < -0.4 is 10.6 Å². The molecule has 7 nitrogen and oxygen atoms in total. The van der Waals surface area contributed by atoms with Crippen LogP contribution in [0.15, 0.2) is 29.3 Å². The van der Waals surface area contributed by atoms with Crippen LogP contribution in [0.5, 0.6) is 0 Å². The Bertz CT molecular complexity index is 767. The first kappa shape index (κ1) is 21.2. The van der Waals surface area contributed by atoms with Crippen LogP contribution in [-0.4, -0.2) is 52.2 Å². The van der Waals surface area contributed by atoms with Crippen LogP contribution in [0.25, 0.3) is 0 Å². The van der Waals surface area contributed by atoms with Crippen molar-refractivity contribution in [2.75, 3.05) is 31.1 Å². The van der Waals surface area contributed by atoms with E-state index in [0.717, 1.165) is 5.69 Å². The molecule has 0 saturated carbocycles. The second-order valence-corrected chi connectivity index (χ2v) is 5.73. The summed E-state index contributed by atoms with van der Waals surface area (Å²) < 4.78 is 50.3. The molecule has 12 heteroatoms. The van der Waals surface area contributed by atoms with E-state index in [1.54, 1.807) is 12.1 Å². The molecule has 0 spiro atoms. The summed E-state index contributed by atoms with van der Waals surface area (Å²) in [7, 11) is 0. The van der Waals surface area contributed by atoms with Crippen molar-refractivity contribution in [3.05, 3.63) is 41.7 Å². The maximum Gasteiger partial charge on any atom is 0.453 e. The van der Waals surface area contributed by atoms with E-state index in [1.165, 1.54) is 12.1 Å². The summed E-state index contributed by atoms with van der Waals surface area (Å²) in [5.41, 5.74) is 6.84. The van der Waals surface area contributed by atoms with Crippen molar-refractivity contribution < 1.29 is 17.6 Å². The van der Waals surface area contributed by atoms with E-state index in [4.69, 9.17) is 5.73 Å². The van der Waals surface area contributed by atoms with Crippen LogP contribution in [-0.2, 0) is 12.7 Å². The lowest BCUT2D eigenvalue weighted by Crippen LogP contribution is -2.51. The van der Waals surface area contributed by atoms with Crippen LogP contribution in [0.3, 0.4) is 0 Å². The Morgan fingerprint density at radius 3 is 2.33 bits per heavy atom. The molecule has 1 saturated heterocycles. The zero-order chi connectivity index (χ0) is 18.7. The van der Waals surface area contributed by atoms with E-state index in [9.17, 15) is 17.6 Å². The lowest BCUT2D eigenvalue weighted by molar-refractivity contribution is -0.144. The van der Waals surface area contributed by atoms with Gasteiger partial charge in [-0.3, -0.25) is 5.10 Å². The predicted molar refractivity (Wildman–Crippen MR) is 102 cm³/mol. The largest absolute Gasteiger partial charge is 0.453 e. The van der Waals surface area contributed by atoms with E-state index >= 15 is 0 Å². The number of anilines is 1. The van der Waals surface area contributed by atoms with Gasteiger partial charge in [0, 0.05) is 31.9 Å². The molecule has 1 fully saturated rings. The second-order valence-electron chi connectivity index (χ2n) is 5.73. The number of H-pyrrole nitrogens is 1. The fraction of sp³-hybridized carbons (Fsp3) is 0.400. The van der Waals surface area contributed by atoms with Gasteiger partial charge in [-0.25, -0.2) is 14.4 Å². The number of aromatic amines is 1. The third kappa shape index (κ3) is 5.43. The zero-order valence-corrected chi connectivity index (χ0v) is 16.4. The summed E-state index contributed by atoms with van der Waals surface area (Å²) in [6.45, 7) is 2.41. The standard InChI is InChI=1S/C15H17F4N7.HI/c16-10-1-3-11(4-2-10)25-5-7-26(8-6-25)14(20)21-9-12-22-13(24-23-12)15(17,18)19;/h1-4H,5-9H2,(H2,20,21)(H,22,23,24);1H. The minimum absolute atomic E-state index is 0. The highest BCUT2D eigenvalue weighted by molar-refractivity contribution is 14.0. The number of nitrogens with zero attached hydrogens (tertiary/aromatic N) is 5. The zero-order valence-electron chi connectivity index (χ0n) is 14.1.